The summed E-state index contributed by atoms with van der Waals surface area (Å²) in [5.41, 5.74) is 1.82. The van der Waals surface area contributed by atoms with Gasteiger partial charge in [-0.25, -0.2) is 0 Å². The molecule has 0 aliphatic carbocycles. The summed E-state index contributed by atoms with van der Waals surface area (Å²) in [4.78, 5) is 16.5. The Kier molecular flexibility index (Phi) is 7.57. The molecule has 0 radical (unpaired) electrons. The number of ether oxygens (including phenoxy) is 1. The molecular weight excluding hydrogens is 370 g/mol. The Hall–Kier alpha value is -2.94. The third-order valence-electron chi connectivity index (χ3n) is 4.76. The Morgan fingerprint density at radius 2 is 2.28 bits per heavy atom. The second-order valence-corrected chi connectivity index (χ2v) is 6.84. The highest BCUT2D eigenvalue weighted by Gasteiger charge is 2.23. The zero-order valence-electron chi connectivity index (χ0n) is 17.0. The number of carbonyl (C=O) groups excluding carboxylic acids is 1. The lowest BCUT2D eigenvalue weighted by molar-refractivity contribution is -0.124. The Morgan fingerprint density at radius 1 is 1.38 bits per heavy atom. The van der Waals surface area contributed by atoms with Crippen LogP contribution in [0.4, 0.5) is 5.69 Å². The standard InChI is InChI=1S/C20H29N7O2/c1-3-18-26-24-14-27(18)10-9-22-20(21-2)23-13-15-6-4-7-16(12-15)25-19(28)17-8-5-11-29-17/h4,6-7,12,14,17H,3,5,8-11,13H2,1-2H3,(H,25,28)(H2,21,22,23). The second-order valence-electron chi connectivity index (χ2n) is 6.84. The van der Waals surface area contributed by atoms with Gasteiger partial charge in [-0.15, -0.1) is 10.2 Å². The Balaban J connectivity index is 1.46. The molecule has 3 rings (SSSR count). The minimum absolute atomic E-state index is 0.0782. The molecule has 1 unspecified atom stereocenters. The molecule has 1 fully saturated rings. The van der Waals surface area contributed by atoms with Gasteiger partial charge in [0, 0.05) is 45.4 Å². The average Bonchev–Trinajstić information content (AvgIpc) is 3.42. The molecule has 1 amide bonds. The van der Waals surface area contributed by atoms with Crippen molar-refractivity contribution in [2.75, 3.05) is 25.5 Å². The van der Waals surface area contributed by atoms with Crippen molar-refractivity contribution >= 4 is 17.6 Å². The minimum atomic E-state index is -0.335. The fraction of sp³-hybridized carbons (Fsp3) is 0.500. The van der Waals surface area contributed by atoms with Gasteiger partial charge in [0.2, 0.25) is 0 Å². The van der Waals surface area contributed by atoms with Gasteiger partial charge < -0.3 is 25.3 Å². The number of aliphatic imine (C=N–C) groups is 1. The lowest BCUT2D eigenvalue weighted by Gasteiger charge is -2.14. The van der Waals surface area contributed by atoms with Crippen molar-refractivity contribution in [3.8, 4) is 0 Å². The minimum Gasteiger partial charge on any atom is -0.368 e. The molecule has 1 aliphatic rings. The van der Waals surface area contributed by atoms with Gasteiger partial charge in [-0.1, -0.05) is 19.1 Å². The zero-order chi connectivity index (χ0) is 20.5. The topological polar surface area (TPSA) is 105 Å². The quantitative estimate of drug-likeness (QED) is 0.457. The van der Waals surface area contributed by atoms with Gasteiger partial charge in [0.05, 0.1) is 0 Å². The molecule has 1 aromatic heterocycles. The highest BCUT2D eigenvalue weighted by molar-refractivity contribution is 5.94. The number of nitrogens with zero attached hydrogens (tertiary/aromatic N) is 4. The van der Waals surface area contributed by atoms with E-state index in [1.807, 2.05) is 28.8 Å². The van der Waals surface area contributed by atoms with Crippen molar-refractivity contribution in [3.63, 3.8) is 0 Å². The van der Waals surface area contributed by atoms with Crippen LogP contribution in [0.3, 0.4) is 0 Å². The van der Waals surface area contributed by atoms with Gasteiger partial charge in [-0.2, -0.15) is 0 Å². The molecule has 1 saturated heterocycles. The van der Waals surface area contributed by atoms with Crippen molar-refractivity contribution in [3.05, 3.63) is 42.0 Å². The van der Waals surface area contributed by atoms with E-state index in [2.05, 4.69) is 38.1 Å². The van der Waals surface area contributed by atoms with Crippen LogP contribution >= 0.6 is 0 Å². The summed E-state index contributed by atoms with van der Waals surface area (Å²) in [6, 6.07) is 7.77. The maximum atomic E-state index is 12.2. The number of aryl methyl sites for hydroxylation is 1. The summed E-state index contributed by atoms with van der Waals surface area (Å²) in [6.45, 7) is 4.79. The molecule has 156 valence electrons. The number of aromatic nitrogens is 3. The van der Waals surface area contributed by atoms with E-state index in [9.17, 15) is 4.79 Å². The molecule has 9 nitrogen and oxygen atoms in total. The first-order valence-electron chi connectivity index (χ1n) is 10.0. The Morgan fingerprint density at radius 3 is 3.03 bits per heavy atom. The van der Waals surface area contributed by atoms with E-state index in [-0.39, 0.29) is 12.0 Å². The normalized spacial score (nSPS) is 16.6. The van der Waals surface area contributed by atoms with E-state index >= 15 is 0 Å². The number of rotatable bonds is 8. The summed E-state index contributed by atoms with van der Waals surface area (Å²) in [7, 11) is 1.74. The number of nitrogens with one attached hydrogen (secondary N) is 3. The van der Waals surface area contributed by atoms with E-state index < -0.39 is 0 Å². The largest absolute Gasteiger partial charge is 0.368 e. The van der Waals surface area contributed by atoms with Crippen molar-refractivity contribution < 1.29 is 9.53 Å². The maximum absolute atomic E-state index is 12.2. The van der Waals surface area contributed by atoms with Gasteiger partial charge in [-0.05, 0) is 30.5 Å². The van der Waals surface area contributed by atoms with Gasteiger partial charge in [0.25, 0.3) is 5.91 Å². The van der Waals surface area contributed by atoms with Crippen LogP contribution in [0.2, 0.25) is 0 Å². The van der Waals surface area contributed by atoms with Gasteiger partial charge in [0.1, 0.15) is 18.3 Å². The number of anilines is 1. The summed E-state index contributed by atoms with van der Waals surface area (Å²) in [5.74, 6) is 1.60. The van der Waals surface area contributed by atoms with E-state index in [0.717, 1.165) is 42.9 Å². The molecule has 0 spiro atoms. The van der Waals surface area contributed by atoms with Crippen LogP contribution in [-0.2, 0) is 29.0 Å². The van der Waals surface area contributed by atoms with E-state index in [4.69, 9.17) is 4.74 Å². The van der Waals surface area contributed by atoms with Crippen molar-refractivity contribution in [2.45, 2.75) is 45.4 Å². The second kappa shape index (κ2) is 10.6. The van der Waals surface area contributed by atoms with Gasteiger partial charge in [0.15, 0.2) is 5.96 Å². The molecule has 1 aliphatic heterocycles. The first kappa shape index (κ1) is 20.8. The fourth-order valence-electron chi connectivity index (χ4n) is 3.21. The van der Waals surface area contributed by atoms with E-state index in [0.29, 0.717) is 25.7 Å². The van der Waals surface area contributed by atoms with Crippen molar-refractivity contribution in [1.82, 2.24) is 25.4 Å². The summed E-state index contributed by atoms with van der Waals surface area (Å²) in [6.07, 6.45) is 3.98. The third-order valence-corrected chi connectivity index (χ3v) is 4.76. The predicted octanol–water partition coefficient (Wildman–Crippen LogP) is 1.32. The number of guanidine groups is 1. The molecule has 2 aromatic rings. The Bertz CT molecular complexity index is 828. The summed E-state index contributed by atoms with van der Waals surface area (Å²) < 4.78 is 7.46. The van der Waals surface area contributed by atoms with Crippen LogP contribution in [-0.4, -0.2) is 52.9 Å². The number of hydrogen-bond donors (Lipinski definition) is 3. The Labute approximate surface area is 171 Å². The number of benzene rings is 1. The monoisotopic (exact) mass is 399 g/mol. The zero-order valence-corrected chi connectivity index (χ0v) is 17.0. The molecule has 3 N–H and O–H groups in total. The molecule has 1 atom stereocenters. The molecule has 2 heterocycles. The molecule has 0 saturated carbocycles. The van der Waals surface area contributed by atoms with E-state index in [1.54, 1.807) is 13.4 Å². The van der Waals surface area contributed by atoms with Gasteiger partial charge in [-0.3, -0.25) is 9.79 Å². The van der Waals surface area contributed by atoms with Crippen LogP contribution in [0.15, 0.2) is 35.6 Å². The van der Waals surface area contributed by atoms with Crippen molar-refractivity contribution in [2.24, 2.45) is 4.99 Å². The summed E-state index contributed by atoms with van der Waals surface area (Å²) >= 11 is 0. The van der Waals surface area contributed by atoms with Gasteiger partial charge >= 0.3 is 0 Å². The number of hydrogen-bond acceptors (Lipinski definition) is 5. The maximum Gasteiger partial charge on any atom is 0.253 e. The molecular formula is C20H29N7O2. The number of amides is 1. The highest BCUT2D eigenvalue weighted by atomic mass is 16.5. The van der Waals surface area contributed by atoms with Crippen molar-refractivity contribution in [1.29, 1.82) is 0 Å². The molecule has 9 heteroatoms. The smallest absolute Gasteiger partial charge is 0.253 e. The lowest BCUT2D eigenvalue weighted by Crippen LogP contribution is -2.38. The molecule has 0 bridgehead atoms. The van der Waals surface area contributed by atoms with Crippen LogP contribution in [0, 0.1) is 0 Å². The first-order chi connectivity index (χ1) is 14.2. The molecule has 29 heavy (non-hydrogen) atoms. The molecule has 1 aromatic carbocycles. The lowest BCUT2D eigenvalue weighted by atomic mass is 10.2. The SMILES string of the molecule is CCc1nncn1CCNC(=NC)NCc1cccc(NC(=O)C2CCCO2)c1. The predicted molar refractivity (Wildman–Crippen MR) is 112 cm³/mol. The summed E-state index contributed by atoms with van der Waals surface area (Å²) in [5, 5.41) is 17.5. The van der Waals surface area contributed by atoms with Crippen LogP contribution < -0.4 is 16.0 Å². The van der Waals surface area contributed by atoms with Crippen LogP contribution in [0.25, 0.3) is 0 Å². The third kappa shape index (κ3) is 6.02. The first-order valence-corrected chi connectivity index (χ1v) is 10.0. The highest BCUT2D eigenvalue weighted by Crippen LogP contribution is 2.16. The number of carbonyl (C=O) groups is 1. The average molecular weight is 399 g/mol. The fourth-order valence-corrected chi connectivity index (χ4v) is 3.21. The van der Waals surface area contributed by atoms with E-state index in [1.165, 1.54) is 0 Å². The van der Waals surface area contributed by atoms with Crippen LogP contribution in [0.1, 0.15) is 31.2 Å². The van der Waals surface area contributed by atoms with Crippen LogP contribution in [0.5, 0.6) is 0 Å².